The number of nitrogens with one attached hydrogen (secondary N) is 1. The Balaban J connectivity index is 0. The van der Waals surface area contributed by atoms with E-state index in [9.17, 15) is 4.39 Å². The van der Waals surface area contributed by atoms with Crippen LogP contribution >= 0.6 is 0 Å². The van der Waals surface area contributed by atoms with E-state index in [-0.39, 0.29) is 0 Å². The van der Waals surface area contributed by atoms with Crippen molar-refractivity contribution in [3.63, 3.8) is 0 Å². The van der Waals surface area contributed by atoms with Crippen molar-refractivity contribution in [2.45, 2.75) is 32.7 Å². The number of halogens is 1. The molecule has 76 valence electrons. The monoisotopic (exact) mass is 179 g/mol. The van der Waals surface area contributed by atoms with Crippen LogP contribution in [0.1, 0.15) is 26.7 Å². The summed E-state index contributed by atoms with van der Waals surface area (Å²) in [5, 5.41) is 3.33. The predicted molar refractivity (Wildman–Crippen MR) is 51.3 cm³/mol. The molecule has 0 aliphatic carbocycles. The van der Waals surface area contributed by atoms with Crippen LogP contribution in [0.5, 0.6) is 0 Å². The first-order valence-corrected chi connectivity index (χ1v) is 4.53. The van der Waals surface area contributed by atoms with Crippen LogP contribution in [0, 0.1) is 0 Å². The van der Waals surface area contributed by atoms with Gasteiger partial charge in [-0.3, -0.25) is 4.39 Å². The Morgan fingerprint density at radius 1 is 1.42 bits per heavy atom. The number of ether oxygens (including phenoxy) is 1. The normalized spacial score (nSPS) is 20.2. The van der Waals surface area contributed by atoms with Crippen LogP contribution in [0.15, 0.2) is 0 Å². The Hall–Kier alpha value is -0.150. The van der Waals surface area contributed by atoms with E-state index in [1.54, 1.807) is 7.11 Å². The van der Waals surface area contributed by atoms with Crippen LogP contribution in [-0.4, -0.2) is 33.5 Å². The Kier molecular flexibility index (Phi) is 16.1. The number of hydrogen-bond donors (Lipinski definition) is 1. The fourth-order valence-electron chi connectivity index (χ4n) is 1.10. The molecule has 0 aromatic carbocycles. The van der Waals surface area contributed by atoms with E-state index >= 15 is 0 Å². The van der Waals surface area contributed by atoms with Crippen molar-refractivity contribution in [2.24, 2.45) is 0 Å². The summed E-state index contributed by atoms with van der Waals surface area (Å²) in [6, 6.07) is 0.639. The van der Waals surface area contributed by atoms with E-state index in [0.29, 0.717) is 13.2 Å². The topological polar surface area (TPSA) is 21.3 Å². The highest BCUT2D eigenvalue weighted by atomic mass is 19.1. The van der Waals surface area contributed by atoms with Crippen molar-refractivity contribution in [1.82, 2.24) is 5.32 Å². The van der Waals surface area contributed by atoms with Gasteiger partial charge in [0.05, 0.1) is 13.8 Å². The molecule has 1 saturated heterocycles. The first kappa shape index (κ1) is 14.4. The van der Waals surface area contributed by atoms with Gasteiger partial charge in [-0.25, -0.2) is 0 Å². The summed E-state index contributed by atoms with van der Waals surface area (Å²) < 4.78 is 14.5. The second-order valence-corrected chi connectivity index (χ2v) is 2.25. The lowest BCUT2D eigenvalue weighted by atomic mass is 10.2. The van der Waals surface area contributed by atoms with Gasteiger partial charge in [0.1, 0.15) is 0 Å². The molecule has 0 saturated carbocycles. The molecule has 0 radical (unpaired) electrons. The van der Waals surface area contributed by atoms with E-state index in [4.69, 9.17) is 4.74 Å². The van der Waals surface area contributed by atoms with Crippen LogP contribution in [0.2, 0.25) is 0 Å². The summed E-state index contributed by atoms with van der Waals surface area (Å²) in [5.74, 6) is 0. The third-order valence-corrected chi connectivity index (χ3v) is 1.53. The summed E-state index contributed by atoms with van der Waals surface area (Å²) >= 11 is 0. The first-order valence-electron chi connectivity index (χ1n) is 4.53. The molecule has 3 heteroatoms. The van der Waals surface area contributed by atoms with Gasteiger partial charge in [-0.15, -0.1) is 0 Å². The maximum atomic E-state index is 9.50. The van der Waals surface area contributed by atoms with Gasteiger partial charge in [-0.05, 0) is 19.4 Å². The fourth-order valence-corrected chi connectivity index (χ4v) is 1.10. The van der Waals surface area contributed by atoms with Gasteiger partial charge < -0.3 is 10.1 Å². The predicted octanol–water partition coefficient (Wildman–Crippen LogP) is 2.00. The van der Waals surface area contributed by atoms with Gasteiger partial charge in [0.2, 0.25) is 0 Å². The van der Waals surface area contributed by atoms with Crippen molar-refractivity contribution in [3.05, 3.63) is 0 Å². The third kappa shape index (κ3) is 7.95. The average Bonchev–Trinajstić information content (AvgIpc) is 2.65. The molecular weight excluding hydrogens is 157 g/mol. The Morgan fingerprint density at radius 3 is 2.33 bits per heavy atom. The Morgan fingerprint density at radius 2 is 2.00 bits per heavy atom. The molecule has 1 unspecified atom stereocenters. The summed E-state index contributed by atoms with van der Waals surface area (Å²) in [6.07, 6.45) is 2.60. The summed E-state index contributed by atoms with van der Waals surface area (Å²) in [5.41, 5.74) is 0. The summed E-state index contributed by atoms with van der Waals surface area (Å²) in [4.78, 5) is 0. The Labute approximate surface area is 75.5 Å². The molecule has 1 N–H and O–H groups in total. The van der Waals surface area contributed by atoms with Crippen LogP contribution in [0.25, 0.3) is 0 Å². The van der Waals surface area contributed by atoms with E-state index in [0.717, 1.165) is 6.61 Å². The number of alkyl halides is 1. The number of rotatable bonds is 2. The molecule has 0 amide bonds. The van der Waals surface area contributed by atoms with Crippen molar-refractivity contribution < 1.29 is 9.13 Å². The largest absolute Gasteiger partial charge is 0.383 e. The zero-order valence-corrected chi connectivity index (χ0v) is 8.69. The molecule has 1 atom stereocenters. The maximum Gasteiger partial charge on any atom is 0.0785 e. The van der Waals surface area contributed by atoms with Crippen LogP contribution in [0.4, 0.5) is 4.39 Å². The zero-order valence-electron chi connectivity index (χ0n) is 8.69. The van der Waals surface area contributed by atoms with Crippen LogP contribution in [0.3, 0.4) is 0 Å². The number of methoxy groups -OCH3 is 1. The average molecular weight is 179 g/mol. The Bertz CT molecular complexity index is 65.5. The quantitative estimate of drug-likeness (QED) is 0.700. The second-order valence-electron chi connectivity index (χ2n) is 2.25. The smallest absolute Gasteiger partial charge is 0.0785 e. The standard InChI is InChI=1S/C6H13NO.C2H6.CH3F/c1-8-5-6-3-2-4-7-6;2*1-2/h6-7H,2-5H2,1H3;1-2H3;1H3. The highest BCUT2D eigenvalue weighted by molar-refractivity contribution is 4.72. The minimum Gasteiger partial charge on any atom is -0.383 e. The van der Waals surface area contributed by atoms with Crippen molar-refractivity contribution in [2.75, 3.05) is 27.4 Å². The number of hydrogen-bond acceptors (Lipinski definition) is 2. The molecular formula is C9H22FNO. The lowest BCUT2D eigenvalue weighted by molar-refractivity contribution is 0.173. The molecule has 1 rings (SSSR count). The lowest BCUT2D eigenvalue weighted by Crippen LogP contribution is -2.25. The first-order chi connectivity index (χ1) is 5.93. The van der Waals surface area contributed by atoms with E-state index in [1.807, 2.05) is 13.8 Å². The molecule has 1 aliphatic rings. The van der Waals surface area contributed by atoms with Gasteiger partial charge in [0.15, 0.2) is 0 Å². The van der Waals surface area contributed by atoms with E-state index in [2.05, 4.69) is 5.32 Å². The molecule has 1 fully saturated rings. The van der Waals surface area contributed by atoms with Gasteiger partial charge in [-0.1, -0.05) is 13.8 Å². The van der Waals surface area contributed by atoms with Gasteiger partial charge in [0.25, 0.3) is 0 Å². The molecule has 12 heavy (non-hydrogen) atoms. The maximum absolute atomic E-state index is 9.50. The fraction of sp³-hybridized carbons (Fsp3) is 1.00. The SMILES string of the molecule is CC.CF.COCC1CCCN1. The molecule has 0 bridgehead atoms. The van der Waals surface area contributed by atoms with Crippen molar-refractivity contribution in [1.29, 1.82) is 0 Å². The van der Waals surface area contributed by atoms with Crippen LogP contribution < -0.4 is 5.32 Å². The van der Waals surface area contributed by atoms with Crippen LogP contribution in [-0.2, 0) is 4.74 Å². The van der Waals surface area contributed by atoms with Crippen molar-refractivity contribution in [3.8, 4) is 0 Å². The second kappa shape index (κ2) is 13.4. The van der Waals surface area contributed by atoms with Gasteiger partial charge in [0, 0.05) is 13.2 Å². The molecule has 0 aromatic heterocycles. The molecule has 0 spiro atoms. The minimum absolute atomic E-state index is 0.500. The highest BCUT2D eigenvalue weighted by Crippen LogP contribution is 2.03. The minimum atomic E-state index is 0.500. The van der Waals surface area contributed by atoms with Gasteiger partial charge in [-0.2, -0.15) is 0 Å². The molecule has 1 aliphatic heterocycles. The van der Waals surface area contributed by atoms with Gasteiger partial charge >= 0.3 is 0 Å². The third-order valence-electron chi connectivity index (χ3n) is 1.53. The molecule has 1 heterocycles. The highest BCUT2D eigenvalue weighted by Gasteiger charge is 2.11. The van der Waals surface area contributed by atoms with E-state index < -0.39 is 0 Å². The van der Waals surface area contributed by atoms with E-state index in [1.165, 1.54) is 19.4 Å². The summed E-state index contributed by atoms with van der Waals surface area (Å²) in [6.45, 7) is 6.05. The van der Waals surface area contributed by atoms with Crippen molar-refractivity contribution >= 4 is 0 Å². The molecule has 0 aromatic rings. The zero-order chi connectivity index (χ0) is 9.82. The summed E-state index contributed by atoms with van der Waals surface area (Å²) in [7, 11) is 2.25. The lowest BCUT2D eigenvalue weighted by Gasteiger charge is -2.05. The molecule has 2 nitrogen and oxygen atoms in total.